The molecule has 0 radical (unpaired) electrons. The molecule has 14 heteroatoms. The van der Waals surface area contributed by atoms with E-state index in [1.54, 1.807) is 18.2 Å². The Hall–Kier alpha value is -3.24. The molecule has 38 heavy (non-hydrogen) atoms. The smallest absolute Gasteiger partial charge is 0.411 e. The van der Waals surface area contributed by atoms with E-state index in [2.05, 4.69) is 26.0 Å². The summed E-state index contributed by atoms with van der Waals surface area (Å²) in [5, 5.41) is 15.9. The first-order valence-corrected chi connectivity index (χ1v) is 14.3. The van der Waals surface area contributed by atoms with E-state index in [4.69, 9.17) is 5.14 Å². The topological polar surface area (TPSA) is 186 Å². The lowest BCUT2D eigenvalue weighted by molar-refractivity contribution is -0.121. The van der Waals surface area contributed by atoms with E-state index >= 15 is 0 Å². The van der Waals surface area contributed by atoms with Gasteiger partial charge in [-0.2, -0.15) is 0 Å². The fraction of sp³-hybridized carbons (Fsp3) is 0.333. The van der Waals surface area contributed by atoms with Crippen molar-refractivity contribution in [2.45, 2.75) is 42.7 Å². The van der Waals surface area contributed by atoms with Gasteiger partial charge >= 0.3 is 6.09 Å². The van der Waals surface area contributed by atoms with Crippen molar-refractivity contribution in [1.29, 1.82) is 0 Å². The molecule has 0 aliphatic heterocycles. The molecule has 12 nitrogen and oxygen atoms in total. The van der Waals surface area contributed by atoms with Crippen LogP contribution in [0, 0.1) is 3.57 Å². The molecule has 1 aliphatic carbocycles. The number of nitrogens with one attached hydrogen (secondary N) is 4. The number of hydrogen-bond donors (Lipinski definition) is 5. The number of halogens is 1. The molecule has 0 bridgehead atoms. The highest BCUT2D eigenvalue weighted by atomic mass is 127. The van der Waals surface area contributed by atoms with E-state index < -0.39 is 33.8 Å². The largest absolute Gasteiger partial charge is 0.453 e. The van der Waals surface area contributed by atoms with Gasteiger partial charge < -0.3 is 20.7 Å². The van der Waals surface area contributed by atoms with Crippen molar-refractivity contribution >= 4 is 62.1 Å². The third kappa shape index (κ3) is 8.13. The van der Waals surface area contributed by atoms with Gasteiger partial charge in [0.25, 0.3) is 11.8 Å². The van der Waals surface area contributed by atoms with E-state index in [0.717, 1.165) is 16.4 Å². The summed E-state index contributed by atoms with van der Waals surface area (Å²) in [5.41, 5.74) is 0.669. The highest BCUT2D eigenvalue weighted by molar-refractivity contribution is 14.1. The van der Waals surface area contributed by atoms with E-state index in [-0.39, 0.29) is 40.3 Å². The highest BCUT2D eigenvalue weighted by Gasteiger charge is 2.28. The van der Waals surface area contributed by atoms with E-state index in [1.165, 1.54) is 31.4 Å². The van der Waals surface area contributed by atoms with Gasteiger partial charge in [-0.05, 0) is 77.9 Å². The van der Waals surface area contributed by atoms with Gasteiger partial charge in [0.15, 0.2) is 0 Å². The van der Waals surface area contributed by atoms with Crippen LogP contribution in [0.3, 0.4) is 0 Å². The number of anilines is 1. The first-order chi connectivity index (χ1) is 18.0. The normalized spacial score (nSPS) is 17.1. The maximum absolute atomic E-state index is 12.7. The van der Waals surface area contributed by atoms with E-state index in [9.17, 15) is 27.6 Å². The van der Waals surface area contributed by atoms with Crippen LogP contribution >= 0.6 is 22.6 Å². The van der Waals surface area contributed by atoms with Gasteiger partial charge in [0.2, 0.25) is 15.9 Å². The average Bonchev–Trinajstić information content (AvgIpc) is 2.88. The summed E-state index contributed by atoms with van der Waals surface area (Å²) in [7, 11) is -2.66. The lowest BCUT2D eigenvalue weighted by Crippen LogP contribution is -2.54. The number of hydrogen-bond acceptors (Lipinski definition) is 7. The molecule has 0 spiro atoms. The molecule has 0 unspecified atom stereocenters. The average molecular weight is 657 g/mol. The first-order valence-electron chi connectivity index (χ1n) is 11.6. The fourth-order valence-corrected chi connectivity index (χ4v) is 5.02. The number of sulfonamides is 1. The van der Waals surface area contributed by atoms with Crippen LogP contribution in [-0.4, -0.2) is 58.0 Å². The number of rotatable bonds is 8. The molecule has 1 saturated carbocycles. The zero-order valence-electron chi connectivity index (χ0n) is 20.5. The zero-order valence-corrected chi connectivity index (χ0v) is 23.4. The Balaban J connectivity index is 1.59. The summed E-state index contributed by atoms with van der Waals surface area (Å²) in [5.74, 6) is -1.40. The number of nitrogens with two attached hydrogens (primary N) is 1. The molecule has 1 fully saturated rings. The number of carbonyl (C=O) groups is 4. The fourth-order valence-electron chi connectivity index (χ4n) is 4.01. The van der Waals surface area contributed by atoms with Gasteiger partial charge in [-0.25, -0.2) is 18.4 Å². The maximum Gasteiger partial charge on any atom is 0.411 e. The van der Waals surface area contributed by atoms with Crippen molar-refractivity contribution in [2.75, 3.05) is 19.0 Å². The van der Waals surface area contributed by atoms with Gasteiger partial charge in [-0.1, -0.05) is 12.8 Å². The minimum absolute atomic E-state index is 0.0997. The number of amides is 4. The van der Waals surface area contributed by atoms with Crippen LogP contribution in [0.25, 0.3) is 0 Å². The summed E-state index contributed by atoms with van der Waals surface area (Å²) in [4.78, 5) is 49.6. The lowest BCUT2D eigenvalue weighted by Gasteiger charge is -2.33. The van der Waals surface area contributed by atoms with Gasteiger partial charge in [0.05, 0.1) is 29.8 Å². The van der Waals surface area contributed by atoms with Crippen molar-refractivity contribution < 1.29 is 32.3 Å². The molecule has 1 aliphatic rings. The standard InChI is InChI=1S/C24H28IN5O7S/c1-37-24(34)30-18-11-8-15(25)12-17(18)23(33)27-13-21(31)28-19-4-2-3-5-20(19)29-22(32)14-6-9-16(10-7-14)38(26,35)36/h6-12,19-20H,2-5,13H2,1H3,(H,27,33)(H,28,31)(H,29,32)(H,30,34)(H2,26,35,36)/t19-,20+/m0/s1. The Labute approximate surface area is 233 Å². The Morgan fingerprint density at radius 3 is 2.21 bits per heavy atom. The molecule has 0 saturated heterocycles. The Morgan fingerprint density at radius 2 is 1.61 bits per heavy atom. The summed E-state index contributed by atoms with van der Waals surface area (Å²) in [6.07, 6.45) is 2.27. The van der Waals surface area contributed by atoms with Gasteiger partial charge in [0, 0.05) is 21.2 Å². The second-order valence-electron chi connectivity index (χ2n) is 8.60. The summed E-state index contributed by atoms with van der Waals surface area (Å²) < 4.78 is 28.2. The van der Waals surface area contributed by atoms with Crippen LogP contribution in [0.4, 0.5) is 10.5 Å². The summed E-state index contributed by atoms with van der Waals surface area (Å²) in [6.45, 7) is -0.311. The molecule has 2 atom stereocenters. The Morgan fingerprint density at radius 1 is 0.974 bits per heavy atom. The van der Waals surface area contributed by atoms with Gasteiger partial charge in [-0.3, -0.25) is 19.7 Å². The van der Waals surface area contributed by atoms with Crippen LogP contribution < -0.4 is 26.4 Å². The number of primary sulfonamides is 1. The quantitative estimate of drug-likeness (QED) is 0.268. The van der Waals surface area contributed by atoms with Gasteiger partial charge in [-0.15, -0.1) is 0 Å². The van der Waals surface area contributed by atoms with Crippen molar-refractivity contribution in [1.82, 2.24) is 16.0 Å². The molecule has 6 N–H and O–H groups in total. The molecular weight excluding hydrogens is 629 g/mol. The minimum atomic E-state index is -3.87. The van der Waals surface area contributed by atoms with Crippen molar-refractivity contribution in [3.63, 3.8) is 0 Å². The summed E-state index contributed by atoms with van der Waals surface area (Å²) in [6, 6.07) is 9.40. The van der Waals surface area contributed by atoms with E-state index in [0.29, 0.717) is 12.8 Å². The second-order valence-corrected chi connectivity index (χ2v) is 11.4. The van der Waals surface area contributed by atoms with Crippen molar-refractivity contribution in [3.05, 3.63) is 57.2 Å². The number of ether oxygens (including phenoxy) is 1. The van der Waals surface area contributed by atoms with Crippen LogP contribution in [0.2, 0.25) is 0 Å². The Kier molecular flexibility index (Phi) is 10.0. The SMILES string of the molecule is COC(=O)Nc1ccc(I)cc1C(=O)NCC(=O)N[C@H]1CCCC[C@H]1NC(=O)c1ccc(S(N)(=O)=O)cc1. The van der Waals surface area contributed by atoms with Crippen LogP contribution in [-0.2, 0) is 19.6 Å². The maximum atomic E-state index is 12.7. The molecule has 3 rings (SSSR count). The van der Waals surface area contributed by atoms with Crippen molar-refractivity contribution in [2.24, 2.45) is 5.14 Å². The van der Waals surface area contributed by atoms with Gasteiger partial charge in [0.1, 0.15) is 0 Å². The van der Waals surface area contributed by atoms with Crippen LogP contribution in [0.1, 0.15) is 46.4 Å². The molecular formula is C24H28IN5O7S. The third-order valence-corrected chi connectivity index (χ3v) is 7.53. The molecule has 2 aromatic rings. The molecule has 0 heterocycles. The summed E-state index contributed by atoms with van der Waals surface area (Å²) >= 11 is 2.03. The minimum Gasteiger partial charge on any atom is -0.453 e. The molecule has 204 valence electrons. The Bertz CT molecular complexity index is 1320. The number of benzene rings is 2. The number of carbonyl (C=O) groups excluding carboxylic acids is 4. The second kappa shape index (κ2) is 13.0. The highest BCUT2D eigenvalue weighted by Crippen LogP contribution is 2.21. The van der Waals surface area contributed by atoms with Crippen LogP contribution in [0.5, 0.6) is 0 Å². The number of methoxy groups -OCH3 is 1. The molecule has 4 amide bonds. The zero-order chi connectivity index (χ0) is 27.9. The lowest BCUT2D eigenvalue weighted by atomic mass is 9.90. The first kappa shape index (κ1) is 29.3. The van der Waals surface area contributed by atoms with Crippen LogP contribution in [0.15, 0.2) is 47.4 Å². The van der Waals surface area contributed by atoms with E-state index in [1.807, 2.05) is 22.6 Å². The molecule has 0 aromatic heterocycles. The predicted octanol–water partition coefficient (Wildman–Crippen LogP) is 1.70. The van der Waals surface area contributed by atoms with Crippen molar-refractivity contribution in [3.8, 4) is 0 Å². The molecule has 2 aromatic carbocycles. The third-order valence-electron chi connectivity index (χ3n) is 5.93. The monoisotopic (exact) mass is 657 g/mol. The predicted molar refractivity (Wildman–Crippen MR) is 147 cm³/mol.